The summed E-state index contributed by atoms with van der Waals surface area (Å²) in [7, 11) is 0. The molecule has 1 aliphatic heterocycles. The van der Waals surface area contributed by atoms with E-state index in [-0.39, 0.29) is 6.04 Å². The first-order chi connectivity index (χ1) is 12.9. The van der Waals surface area contributed by atoms with Crippen molar-refractivity contribution in [1.82, 2.24) is 15.0 Å². The van der Waals surface area contributed by atoms with Crippen molar-refractivity contribution in [2.45, 2.75) is 31.2 Å². The van der Waals surface area contributed by atoms with Crippen LogP contribution in [0.5, 0.6) is 0 Å². The zero-order valence-corrected chi connectivity index (χ0v) is 14.6. The first-order valence-corrected chi connectivity index (χ1v) is 9.35. The monoisotopic (exact) mass is 346 g/mol. The lowest BCUT2D eigenvalue weighted by Gasteiger charge is -2.20. The average Bonchev–Trinajstić information content (AvgIpc) is 3.45. The topological polar surface area (TPSA) is 59.9 Å². The molecule has 0 spiro atoms. The molecule has 1 saturated heterocycles. The second kappa shape index (κ2) is 6.65. The van der Waals surface area contributed by atoms with Gasteiger partial charge in [-0.05, 0) is 37.0 Å². The molecule has 3 heterocycles. The number of fused-ring (bicyclic) bond motifs is 1. The summed E-state index contributed by atoms with van der Waals surface area (Å²) in [5.41, 5.74) is 3.55. The third-order valence-electron chi connectivity index (χ3n) is 5.44. The normalized spacial score (nSPS) is 22.6. The third-order valence-corrected chi connectivity index (χ3v) is 5.44. The molecule has 2 aromatic heterocycles. The second-order valence-electron chi connectivity index (χ2n) is 7.34. The molecule has 5 nitrogen and oxygen atoms in total. The number of ether oxygens (including phenoxy) is 1. The lowest BCUT2D eigenvalue weighted by atomic mass is 9.93. The Morgan fingerprint density at radius 2 is 1.96 bits per heavy atom. The van der Waals surface area contributed by atoms with Gasteiger partial charge >= 0.3 is 0 Å². The van der Waals surface area contributed by atoms with Crippen molar-refractivity contribution in [3.63, 3.8) is 0 Å². The molecule has 1 N–H and O–H groups in total. The highest BCUT2D eigenvalue weighted by Gasteiger charge is 2.30. The lowest BCUT2D eigenvalue weighted by molar-refractivity contribution is 0.185. The fraction of sp³-hybridized carbons (Fsp3) is 0.381. The Morgan fingerprint density at radius 1 is 1.04 bits per heavy atom. The summed E-state index contributed by atoms with van der Waals surface area (Å²) in [6.07, 6.45) is 7.06. The molecule has 0 unspecified atom stereocenters. The van der Waals surface area contributed by atoms with Gasteiger partial charge in [-0.3, -0.25) is 4.98 Å². The van der Waals surface area contributed by atoms with E-state index < -0.39 is 0 Å². The SMILES string of the molecule is c1ccc2c(C[C@@H]3COC[C@H]3Nc3cc(C4CC4)ncn3)ccnc2c1. The van der Waals surface area contributed by atoms with Gasteiger partial charge in [-0.25, -0.2) is 9.97 Å². The number of nitrogens with one attached hydrogen (secondary N) is 1. The van der Waals surface area contributed by atoms with Crippen molar-refractivity contribution < 1.29 is 4.74 Å². The molecular weight excluding hydrogens is 324 g/mol. The van der Waals surface area contributed by atoms with E-state index in [1.807, 2.05) is 12.3 Å². The zero-order valence-electron chi connectivity index (χ0n) is 14.6. The molecule has 26 heavy (non-hydrogen) atoms. The van der Waals surface area contributed by atoms with Gasteiger partial charge in [0, 0.05) is 35.2 Å². The highest BCUT2D eigenvalue weighted by molar-refractivity contribution is 5.81. The van der Waals surface area contributed by atoms with Crippen LogP contribution in [0.3, 0.4) is 0 Å². The maximum Gasteiger partial charge on any atom is 0.129 e. The van der Waals surface area contributed by atoms with Gasteiger partial charge in [-0.2, -0.15) is 0 Å². The van der Waals surface area contributed by atoms with Crippen molar-refractivity contribution >= 4 is 16.7 Å². The van der Waals surface area contributed by atoms with Gasteiger partial charge < -0.3 is 10.1 Å². The van der Waals surface area contributed by atoms with Crippen LogP contribution in [-0.4, -0.2) is 34.2 Å². The van der Waals surface area contributed by atoms with Crippen LogP contribution in [0.25, 0.3) is 10.9 Å². The Hall–Kier alpha value is -2.53. The summed E-state index contributed by atoms with van der Waals surface area (Å²) in [4.78, 5) is 13.3. The Balaban J connectivity index is 1.34. The van der Waals surface area contributed by atoms with E-state index in [4.69, 9.17) is 4.74 Å². The Labute approximate surface area is 152 Å². The average molecular weight is 346 g/mol. The Kier molecular flexibility index (Phi) is 4.02. The van der Waals surface area contributed by atoms with Crippen molar-refractivity contribution in [1.29, 1.82) is 0 Å². The summed E-state index contributed by atoms with van der Waals surface area (Å²) in [5, 5.41) is 4.83. The van der Waals surface area contributed by atoms with Gasteiger partial charge in [0.25, 0.3) is 0 Å². The summed E-state index contributed by atoms with van der Waals surface area (Å²) in [5.74, 6) is 1.97. The molecule has 2 aliphatic rings. The second-order valence-corrected chi connectivity index (χ2v) is 7.34. The number of nitrogens with zero attached hydrogens (tertiary/aromatic N) is 3. The Bertz CT molecular complexity index is 919. The molecule has 0 bridgehead atoms. The van der Waals surface area contributed by atoms with Gasteiger partial charge in [-0.1, -0.05) is 18.2 Å². The standard InChI is InChI=1S/C21H22N4O/c1-2-4-18-17(3-1)15(7-8-22-18)9-16-11-26-12-20(16)25-21-10-19(14-5-6-14)23-13-24-21/h1-4,7-8,10,13-14,16,20H,5-6,9,11-12H2,(H,23,24,25)/t16-,20-/m1/s1. The molecule has 3 aromatic rings. The quantitative estimate of drug-likeness (QED) is 0.765. The van der Waals surface area contributed by atoms with Gasteiger partial charge in [0.05, 0.1) is 24.8 Å². The van der Waals surface area contributed by atoms with Crippen molar-refractivity contribution in [3.05, 3.63) is 60.2 Å². The van der Waals surface area contributed by atoms with Crippen LogP contribution >= 0.6 is 0 Å². The number of aromatic nitrogens is 3. The number of anilines is 1. The predicted molar refractivity (Wildman–Crippen MR) is 101 cm³/mol. The van der Waals surface area contributed by atoms with Crippen LogP contribution in [0.4, 0.5) is 5.82 Å². The highest BCUT2D eigenvalue weighted by atomic mass is 16.5. The number of benzene rings is 1. The maximum atomic E-state index is 5.79. The highest BCUT2D eigenvalue weighted by Crippen LogP contribution is 2.39. The van der Waals surface area contributed by atoms with Crippen LogP contribution in [-0.2, 0) is 11.2 Å². The molecule has 5 rings (SSSR count). The van der Waals surface area contributed by atoms with Crippen LogP contribution in [0.15, 0.2) is 48.9 Å². The van der Waals surface area contributed by atoms with E-state index in [0.717, 1.165) is 36.7 Å². The smallest absolute Gasteiger partial charge is 0.129 e. The van der Waals surface area contributed by atoms with E-state index in [0.29, 0.717) is 11.8 Å². The number of para-hydroxylation sites is 1. The third kappa shape index (κ3) is 3.15. The summed E-state index contributed by atoms with van der Waals surface area (Å²) < 4.78 is 5.79. The fourth-order valence-corrected chi connectivity index (χ4v) is 3.82. The van der Waals surface area contributed by atoms with E-state index in [9.17, 15) is 0 Å². The van der Waals surface area contributed by atoms with Crippen LogP contribution in [0, 0.1) is 5.92 Å². The molecule has 2 atom stereocenters. The molecule has 5 heteroatoms. The molecule has 2 fully saturated rings. The van der Waals surface area contributed by atoms with Crippen LogP contribution < -0.4 is 5.32 Å². The molecule has 132 valence electrons. The van der Waals surface area contributed by atoms with Gasteiger partial charge in [0.2, 0.25) is 0 Å². The van der Waals surface area contributed by atoms with Crippen molar-refractivity contribution in [2.24, 2.45) is 5.92 Å². The minimum Gasteiger partial charge on any atom is -0.379 e. The summed E-state index contributed by atoms with van der Waals surface area (Å²) >= 11 is 0. The summed E-state index contributed by atoms with van der Waals surface area (Å²) in [6, 6.07) is 12.8. The Morgan fingerprint density at radius 3 is 2.88 bits per heavy atom. The van der Waals surface area contributed by atoms with Crippen molar-refractivity contribution in [2.75, 3.05) is 18.5 Å². The van der Waals surface area contributed by atoms with Gasteiger partial charge in [0.1, 0.15) is 12.1 Å². The molecule has 1 aliphatic carbocycles. The number of pyridine rings is 1. The fourth-order valence-electron chi connectivity index (χ4n) is 3.82. The van der Waals surface area contributed by atoms with E-state index in [1.54, 1.807) is 6.33 Å². The number of hydrogen-bond donors (Lipinski definition) is 1. The van der Waals surface area contributed by atoms with Crippen LogP contribution in [0.1, 0.15) is 30.0 Å². The van der Waals surface area contributed by atoms with Gasteiger partial charge in [0.15, 0.2) is 0 Å². The molecule has 0 radical (unpaired) electrons. The van der Waals surface area contributed by atoms with Gasteiger partial charge in [-0.15, -0.1) is 0 Å². The lowest BCUT2D eigenvalue weighted by Crippen LogP contribution is -2.29. The minimum absolute atomic E-state index is 0.267. The molecule has 1 saturated carbocycles. The predicted octanol–water partition coefficient (Wildman–Crippen LogP) is 3.57. The largest absolute Gasteiger partial charge is 0.379 e. The van der Waals surface area contributed by atoms with Crippen LogP contribution in [0.2, 0.25) is 0 Å². The number of hydrogen-bond acceptors (Lipinski definition) is 5. The molecule has 1 aromatic carbocycles. The maximum absolute atomic E-state index is 5.79. The number of rotatable bonds is 5. The molecule has 0 amide bonds. The van der Waals surface area contributed by atoms with Crippen molar-refractivity contribution in [3.8, 4) is 0 Å². The molecular formula is C21H22N4O. The zero-order chi connectivity index (χ0) is 17.3. The van der Waals surface area contributed by atoms with E-state index in [2.05, 4.69) is 50.6 Å². The minimum atomic E-state index is 0.267. The summed E-state index contributed by atoms with van der Waals surface area (Å²) in [6.45, 7) is 1.49. The first kappa shape index (κ1) is 15.7. The first-order valence-electron chi connectivity index (χ1n) is 9.35. The van der Waals surface area contributed by atoms with E-state index in [1.165, 1.54) is 23.8 Å². The van der Waals surface area contributed by atoms with E-state index >= 15 is 0 Å².